The zero-order valence-corrected chi connectivity index (χ0v) is 8.31. The summed E-state index contributed by atoms with van der Waals surface area (Å²) < 4.78 is 4.84. The van der Waals surface area contributed by atoms with Crippen LogP contribution in [0.4, 0.5) is 4.79 Å². The molecule has 0 aromatic heterocycles. The van der Waals surface area contributed by atoms with Crippen LogP contribution < -0.4 is 0 Å². The van der Waals surface area contributed by atoms with E-state index in [-0.39, 0.29) is 19.1 Å². The van der Waals surface area contributed by atoms with Crippen LogP contribution in [-0.2, 0) is 9.53 Å². The molecule has 1 heterocycles. The summed E-state index contributed by atoms with van der Waals surface area (Å²) in [6, 6.07) is 0. The lowest BCUT2D eigenvalue weighted by Crippen LogP contribution is -2.34. The molecule has 2 fully saturated rings. The van der Waals surface area contributed by atoms with Crippen molar-refractivity contribution in [2.75, 3.05) is 19.7 Å². The van der Waals surface area contributed by atoms with Crippen molar-refractivity contribution in [2.45, 2.75) is 6.42 Å². The minimum absolute atomic E-state index is 0.117. The molecule has 2 unspecified atom stereocenters. The van der Waals surface area contributed by atoms with Crippen molar-refractivity contribution in [3.05, 3.63) is 12.7 Å². The van der Waals surface area contributed by atoms with E-state index >= 15 is 0 Å². The van der Waals surface area contributed by atoms with Gasteiger partial charge < -0.3 is 14.7 Å². The summed E-state index contributed by atoms with van der Waals surface area (Å²) in [7, 11) is 0. The second-order valence-electron chi connectivity index (χ2n) is 4.11. The van der Waals surface area contributed by atoms with Crippen LogP contribution in [0.2, 0.25) is 0 Å². The van der Waals surface area contributed by atoms with Gasteiger partial charge in [-0.2, -0.15) is 0 Å². The number of amides is 1. The third-order valence-corrected chi connectivity index (χ3v) is 3.15. The van der Waals surface area contributed by atoms with Crippen molar-refractivity contribution in [1.82, 2.24) is 4.90 Å². The van der Waals surface area contributed by atoms with E-state index in [2.05, 4.69) is 6.58 Å². The number of carbonyl (C=O) groups is 2. The number of likely N-dealkylation sites (tertiary alicyclic amines) is 1. The van der Waals surface area contributed by atoms with Crippen molar-refractivity contribution >= 4 is 12.1 Å². The highest BCUT2D eigenvalue weighted by Gasteiger charge is 2.66. The lowest BCUT2D eigenvalue weighted by atomic mass is 10.1. The van der Waals surface area contributed by atoms with Crippen LogP contribution in [0.1, 0.15) is 6.42 Å². The highest BCUT2D eigenvalue weighted by molar-refractivity contribution is 5.81. The summed E-state index contributed by atoms with van der Waals surface area (Å²) >= 11 is 0. The number of aliphatic carboxylic acids is 1. The monoisotopic (exact) mass is 211 g/mol. The van der Waals surface area contributed by atoms with Crippen LogP contribution in [0.5, 0.6) is 0 Å². The highest BCUT2D eigenvalue weighted by Crippen LogP contribution is 2.57. The predicted octanol–water partition coefficient (Wildman–Crippen LogP) is 0.716. The fraction of sp³-hybridized carbons (Fsp3) is 0.600. The first-order chi connectivity index (χ1) is 7.10. The summed E-state index contributed by atoms with van der Waals surface area (Å²) in [5, 5.41) is 8.99. The third kappa shape index (κ3) is 1.48. The van der Waals surface area contributed by atoms with Gasteiger partial charge in [-0.25, -0.2) is 4.79 Å². The summed E-state index contributed by atoms with van der Waals surface area (Å²) in [5.41, 5.74) is -0.673. The zero-order chi connectivity index (χ0) is 11.1. The first kappa shape index (κ1) is 10.0. The SMILES string of the molecule is C=CCOC(=O)N1CC2CC2(C(=O)O)C1. The number of carboxylic acids is 1. The maximum atomic E-state index is 11.4. The molecule has 0 spiro atoms. The van der Waals surface area contributed by atoms with Crippen LogP contribution >= 0.6 is 0 Å². The summed E-state index contributed by atoms with van der Waals surface area (Å²) in [5.74, 6) is -0.683. The molecule has 0 aromatic carbocycles. The van der Waals surface area contributed by atoms with Gasteiger partial charge in [-0.05, 0) is 12.3 Å². The minimum atomic E-state index is -0.800. The quantitative estimate of drug-likeness (QED) is 0.698. The number of rotatable bonds is 3. The summed E-state index contributed by atoms with van der Waals surface area (Å²) in [6.07, 6.45) is 1.73. The van der Waals surface area contributed by atoms with Crippen LogP contribution in [0.25, 0.3) is 0 Å². The molecule has 1 saturated heterocycles. The standard InChI is InChI=1S/C10H13NO4/c1-2-3-15-9(14)11-5-7-4-10(7,6-11)8(12)13/h2,7H,1,3-6H2,(H,12,13). The summed E-state index contributed by atoms with van der Waals surface area (Å²) in [6.45, 7) is 4.38. The van der Waals surface area contributed by atoms with Crippen molar-refractivity contribution < 1.29 is 19.4 Å². The molecule has 15 heavy (non-hydrogen) atoms. The Balaban J connectivity index is 1.92. The Labute approximate surface area is 87.3 Å². The van der Waals surface area contributed by atoms with Crippen LogP contribution in [0.15, 0.2) is 12.7 Å². The molecule has 2 aliphatic rings. The Morgan fingerprint density at radius 1 is 1.67 bits per heavy atom. The number of carboxylic acid groups (broad SMARTS) is 1. The zero-order valence-electron chi connectivity index (χ0n) is 8.31. The number of hydrogen-bond acceptors (Lipinski definition) is 3. The lowest BCUT2D eigenvalue weighted by Gasteiger charge is -2.18. The van der Waals surface area contributed by atoms with Gasteiger partial charge in [0.1, 0.15) is 6.61 Å². The van der Waals surface area contributed by atoms with E-state index in [0.29, 0.717) is 13.0 Å². The molecule has 82 valence electrons. The van der Waals surface area contributed by atoms with E-state index in [1.807, 2.05) is 0 Å². The van der Waals surface area contributed by atoms with Crippen LogP contribution in [-0.4, -0.2) is 41.8 Å². The van der Waals surface area contributed by atoms with Crippen molar-refractivity contribution in [2.24, 2.45) is 11.3 Å². The second-order valence-corrected chi connectivity index (χ2v) is 4.11. The van der Waals surface area contributed by atoms with E-state index in [0.717, 1.165) is 0 Å². The predicted molar refractivity (Wildman–Crippen MR) is 51.3 cm³/mol. The molecule has 1 aliphatic carbocycles. The van der Waals surface area contributed by atoms with Gasteiger partial charge in [0.05, 0.1) is 5.41 Å². The fourth-order valence-electron chi connectivity index (χ4n) is 2.18. The highest BCUT2D eigenvalue weighted by atomic mass is 16.6. The van der Waals surface area contributed by atoms with Crippen molar-refractivity contribution in [3.8, 4) is 0 Å². The largest absolute Gasteiger partial charge is 0.481 e. The molecule has 1 saturated carbocycles. The molecule has 5 nitrogen and oxygen atoms in total. The number of hydrogen-bond donors (Lipinski definition) is 1. The van der Waals surface area contributed by atoms with Gasteiger partial charge in [0.25, 0.3) is 0 Å². The van der Waals surface area contributed by atoms with E-state index in [1.165, 1.54) is 11.0 Å². The van der Waals surface area contributed by atoms with Crippen LogP contribution in [0, 0.1) is 11.3 Å². The Morgan fingerprint density at radius 2 is 2.40 bits per heavy atom. The second kappa shape index (κ2) is 3.25. The molecule has 0 bridgehead atoms. The Kier molecular flexibility index (Phi) is 2.17. The molecule has 2 atom stereocenters. The maximum absolute atomic E-state index is 11.4. The summed E-state index contributed by atoms with van der Waals surface area (Å²) in [4.78, 5) is 23.8. The van der Waals surface area contributed by atoms with Crippen LogP contribution in [0.3, 0.4) is 0 Å². The number of nitrogens with zero attached hydrogens (tertiary/aromatic N) is 1. The lowest BCUT2D eigenvalue weighted by molar-refractivity contribution is -0.143. The normalized spacial score (nSPS) is 32.0. The molecular weight excluding hydrogens is 198 g/mol. The smallest absolute Gasteiger partial charge is 0.410 e. The Bertz CT molecular complexity index is 327. The minimum Gasteiger partial charge on any atom is -0.481 e. The van der Waals surface area contributed by atoms with Crippen molar-refractivity contribution in [1.29, 1.82) is 0 Å². The average molecular weight is 211 g/mol. The van der Waals surface area contributed by atoms with Gasteiger partial charge in [-0.3, -0.25) is 4.79 Å². The molecule has 5 heteroatoms. The first-order valence-electron chi connectivity index (χ1n) is 4.86. The van der Waals surface area contributed by atoms with Gasteiger partial charge in [0.2, 0.25) is 0 Å². The van der Waals surface area contributed by atoms with Gasteiger partial charge in [-0.15, -0.1) is 0 Å². The average Bonchev–Trinajstić information content (AvgIpc) is 2.79. The molecule has 1 N–H and O–H groups in total. The van der Waals surface area contributed by atoms with Crippen molar-refractivity contribution in [3.63, 3.8) is 0 Å². The molecule has 0 radical (unpaired) electrons. The number of fused-ring (bicyclic) bond motifs is 1. The number of ether oxygens (including phenoxy) is 1. The Hall–Kier alpha value is -1.52. The van der Waals surface area contributed by atoms with Gasteiger partial charge in [-0.1, -0.05) is 12.7 Å². The van der Waals surface area contributed by atoms with E-state index in [9.17, 15) is 9.59 Å². The number of carbonyl (C=O) groups excluding carboxylic acids is 1. The molecule has 0 aromatic rings. The van der Waals surface area contributed by atoms with E-state index < -0.39 is 17.5 Å². The number of piperidine rings is 1. The van der Waals surface area contributed by atoms with Gasteiger partial charge >= 0.3 is 12.1 Å². The van der Waals surface area contributed by atoms with Gasteiger partial charge in [0, 0.05) is 13.1 Å². The Morgan fingerprint density at radius 3 is 2.93 bits per heavy atom. The molecule has 1 amide bonds. The topological polar surface area (TPSA) is 66.8 Å². The third-order valence-electron chi connectivity index (χ3n) is 3.15. The molecule has 1 aliphatic heterocycles. The van der Waals surface area contributed by atoms with E-state index in [1.54, 1.807) is 0 Å². The maximum Gasteiger partial charge on any atom is 0.410 e. The van der Waals surface area contributed by atoms with E-state index in [4.69, 9.17) is 9.84 Å². The molecular formula is C10H13NO4. The first-order valence-corrected chi connectivity index (χ1v) is 4.86. The fourth-order valence-corrected chi connectivity index (χ4v) is 2.18. The van der Waals surface area contributed by atoms with Gasteiger partial charge in [0.15, 0.2) is 0 Å². The molecule has 2 rings (SSSR count).